The molecule has 1 fully saturated rings. The van der Waals surface area contributed by atoms with Gasteiger partial charge in [0.05, 0.1) is 0 Å². The molecule has 1 heterocycles. The van der Waals surface area contributed by atoms with Crippen LogP contribution in [0.2, 0.25) is 0 Å². The maximum atomic E-state index is 13.6. The molecule has 1 nitrogen and oxygen atoms in total. The first-order chi connectivity index (χ1) is 5.31. The second-order valence-corrected chi connectivity index (χ2v) is 2.93. The molecule has 0 bridgehead atoms. The van der Waals surface area contributed by atoms with Crippen LogP contribution in [0.25, 0.3) is 0 Å². The molecule has 2 rings (SSSR count). The molecule has 11 heavy (non-hydrogen) atoms. The molecular weight excluding hydrogens is 141 g/mol. The molecule has 0 amide bonds. The average Bonchev–Trinajstić information content (AvgIpc) is 2.02. The predicted octanol–water partition coefficient (Wildman–Crippen LogP) is 1.45. The number of nitrogens with one attached hydrogen (secondary N) is 1. The van der Waals surface area contributed by atoms with Gasteiger partial charge in [0.25, 0.3) is 0 Å². The minimum absolute atomic E-state index is 0.455. The van der Waals surface area contributed by atoms with Crippen molar-refractivity contribution in [2.24, 2.45) is 0 Å². The fourth-order valence-corrected chi connectivity index (χ4v) is 1.29. The average molecular weight is 151 g/mol. The van der Waals surface area contributed by atoms with Crippen LogP contribution < -0.4 is 5.32 Å². The van der Waals surface area contributed by atoms with Gasteiger partial charge in [-0.2, -0.15) is 0 Å². The van der Waals surface area contributed by atoms with E-state index < -0.39 is 5.67 Å². The SMILES string of the molecule is FC1(c2ccccc2)CNC1. The Morgan fingerprint density at radius 1 is 1.18 bits per heavy atom. The minimum Gasteiger partial charge on any atom is -0.310 e. The largest absolute Gasteiger partial charge is 0.310 e. The van der Waals surface area contributed by atoms with Crippen LogP contribution >= 0.6 is 0 Å². The van der Waals surface area contributed by atoms with Crippen LogP contribution in [0.5, 0.6) is 0 Å². The lowest BCUT2D eigenvalue weighted by Crippen LogP contribution is -2.53. The van der Waals surface area contributed by atoms with Crippen LogP contribution in [-0.4, -0.2) is 13.1 Å². The Kier molecular flexibility index (Phi) is 1.43. The number of benzene rings is 1. The standard InChI is InChI=1S/C9H10FN/c10-9(6-11-7-9)8-4-2-1-3-5-8/h1-5,11H,6-7H2. The van der Waals surface area contributed by atoms with Gasteiger partial charge in [0.2, 0.25) is 0 Å². The Bertz CT molecular complexity index is 241. The quantitative estimate of drug-likeness (QED) is 0.640. The first kappa shape index (κ1) is 6.80. The van der Waals surface area contributed by atoms with Gasteiger partial charge in [-0.15, -0.1) is 0 Å². The molecule has 0 unspecified atom stereocenters. The molecule has 58 valence electrons. The molecule has 1 aromatic rings. The summed E-state index contributed by atoms with van der Waals surface area (Å²) in [6.07, 6.45) is 0. The predicted molar refractivity (Wildman–Crippen MR) is 42.1 cm³/mol. The summed E-state index contributed by atoms with van der Waals surface area (Å²) in [5, 5.41) is 2.93. The highest BCUT2D eigenvalue weighted by atomic mass is 19.1. The number of rotatable bonds is 1. The van der Waals surface area contributed by atoms with Crippen LogP contribution in [0.4, 0.5) is 4.39 Å². The highest BCUT2D eigenvalue weighted by Gasteiger charge is 2.38. The number of hydrogen-bond donors (Lipinski definition) is 1. The zero-order valence-corrected chi connectivity index (χ0v) is 6.18. The number of halogens is 1. The third-order valence-electron chi connectivity index (χ3n) is 2.10. The van der Waals surface area contributed by atoms with Crippen LogP contribution in [0.15, 0.2) is 30.3 Å². The van der Waals surface area contributed by atoms with E-state index in [-0.39, 0.29) is 0 Å². The summed E-state index contributed by atoms with van der Waals surface area (Å²) >= 11 is 0. The third kappa shape index (κ3) is 1.03. The van der Waals surface area contributed by atoms with Gasteiger partial charge in [0.15, 0.2) is 5.67 Å². The summed E-state index contributed by atoms with van der Waals surface area (Å²) in [4.78, 5) is 0. The maximum absolute atomic E-state index is 13.6. The minimum atomic E-state index is -1.10. The summed E-state index contributed by atoms with van der Waals surface area (Å²) in [6.45, 7) is 0.911. The van der Waals surface area contributed by atoms with Gasteiger partial charge >= 0.3 is 0 Å². The Morgan fingerprint density at radius 3 is 2.27 bits per heavy atom. The highest BCUT2D eigenvalue weighted by molar-refractivity contribution is 5.25. The normalized spacial score (nSPS) is 20.8. The summed E-state index contributed by atoms with van der Waals surface area (Å²) in [7, 11) is 0. The van der Waals surface area contributed by atoms with Crippen molar-refractivity contribution in [3.8, 4) is 0 Å². The number of hydrogen-bond acceptors (Lipinski definition) is 1. The molecule has 1 aromatic carbocycles. The molecule has 0 radical (unpaired) electrons. The van der Waals surface area contributed by atoms with Crippen molar-refractivity contribution in [1.29, 1.82) is 0 Å². The van der Waals surface area contributed by atoms with E-state index in [2.05, 4.69) is 5.32 Å². The molecule has 0 spiro atoms. The monoisotopic (exact) mass is 151 g/mol. The smallest absolute Gasteiger partial charge is 0.160 e. The fourth-order valence-electron chi connectivity index (χ4n) is 1.29. The van der Waals surface area contributed by atoms with Gasteiger partial charge in [0.1, 0.15) is 0 Å². The molecule has 0 aliphatic carbocycles. The summed E-state index contributed by atoms with van der Waals surface area (Å²) < 4.78 is 13.6. The van der Waals surface area contributed by atoms with Crippen LogP contribution in [0, 0.1) is 0 Å². The highest BCUT2D eigenvalue weighted by Crippen LogP contribution is 2.29. The van der Waals surface area contributed by atoms with Crippen molar-refractivity contribution in [3.63, 3.8) is 0 Å². The maximum Gasteiger partial charge on any atom is 0.160 e. The van der Waals surface area contributed by atoms with Gasteiger partial charge in [-0.05, 0) is 5.56 Å². The van der Waals surface area contributed by atoms with Gasteiger partial charge in [-0.1, -0.05) is 30.3 Å². The van der Waals surface area contributed by atoms with Gasteiger partial charge < -0.3 is 5.32 Å². The molecule has 1 aliphatic rings. The second kappa shape index (κ2) is 2.31. The van der Waals surface area contributed by atoms with Gasteiger partial charge in [0, 0.05) is 13.1 Å². The lowest BCUT2D eigenvalue weighted by atomic mass is 9.90. The zero-order chi connectivity index (χ0) is 7.73. The van der Waals surface area contributed by atoms with Crippen molar-refractivity contribution >= 4 is 0 Å². The summed E-state index contributed by atoms with van der Waals surface area (Å²) in [5.74, 6) is 0. The van der Waals surface area contributed by atoms with Gasteiger partial charge in [-0.3, -0.25) is 0 Å². The van der Waals surface area contributed by atoms with Crippen LogP contribution in [0.1, 0.15) is 5.56 Å². The molecule has 1 saturated heterocycles. The Balaban J connectivity index is 2.29. The van der Waals surface area contributed by atoms with E-state index in [9.17, 15) is 4.39 Å². The zero-order valence-electron chi connectivity index (χ0n) is 6.18. The Morgan fingerprint density at radius 2 is 1.82 bits per heavy atom. The first-order valence-corrected chi connectivity index (χ1v) is 3.76. The first-order valence-electron chi connectivity index (χ1n) is 3.76. The van der Waals surface area contributed by atoms with Gasteiger partial charge in [-0.25, -0.2) is 4.39 Å². The molecule has 0 saturated carbocycles. The van der Waals surface area contributed by atoms with E-state index in [0.717, 1.165) is 5.56 Å². The molecule has 0 aromatic heterocycles. The second-order valence-electron chi connectivity index (χ2n) is 2.93. The van der Waals surface area contributed by atoms with E-state index in [1.807, 2.05) is 30.3 Å². The lowest BCUT2D eigenvalue weighted by molar-refractivity contribution is 0.0892. The Hall–Kier alpha value is -0.890. The summed E-state index contributed by atoms with van der Waals surface area (Å²) in [5.41, 5.74) is -0.305. The molecule has 0 atom stereocenters. The van der Waals surface area contributed by atoms with Crippen molar-refractivity contribution in [1.82, 2.24) is 5.32 Å². The molecule has 1 aliphatic heterocycles. The molecule has 1 N–H and O–H groups in total. The lowest BCUT2D eigenvalue weighted by Gasteiger charge is -2.35. The summed E-state index contributed by atoms with van der Waals surface area (Å²) in [6, 6.07) is 9.31. The van der Waals surface area contributed by atoms with E-state index in [1.165, 1.54) is 0 Å². The topological polar surface area (TPSA) is 12.0 Å². The van der Waals surface area contributed by atoms with E-state index >= 15 is 0 Å². The van der Waals surface area contributed by atoms with Crippen molar-refractivity contribution in [2.45, 2.75) is 5.67 Å². The third-order valence-corrected chi connectivity index (χ3v) is 2.10. The molecular formula is C9H10FN. The van der Waals surface area contributed by atoms with E-state index in [4.69, 9.17) is 0 Å². The van der Waals surface area contributed by atoms with Crippen molar-refractivity contribution < 1.29 is 4.39 Å². The Labute approximate surface area is 65.2 Å². The fraction of sp³-hybridized carbons (Fsp3) is 0.333. The van der Waals surface area contributed by atoms with E-state index in [0.29, 0.717) is 13.1 Å². The number of alkyl halides is 1. The van der Waals surface area contributed by atoms with E-state index in [1.54, 1.807) is 0 Å². The van der Waals surface area contributed by atoms with Crippen molar-refractivity contribution in [2.75, 3.05) is 13.1 Å². The molecule has 2 heteroatoms. The van der Waals surface area contributed by atoms with Crippen LogP contribution in [-0.2, 0) is 5.67 Å². The van der Waals surface area contributed by atoms with Crippen molar-refractivity contribution in [3.05, 3.63) is 35.9 Å². The van der Waals surface area contributed by atoms with Crippen LogP contribution in [0.3, 0.4) is 0 Å².